The van der Waals surface area contributed by atoms with Crippen LogP contribution in [0.5, 0.6) is 5.75 Å². The van der Waals surface area contributed by atoms with E-state index in [1.807, 2.05) is 6.07 Å². The molecule has 0 amide bonds. The minimum atomic E-state index is -0.179. The molecule has 0 atom stereocenters. The Balaban J connectivity index is 2.36. The maximum atomic E-state index is 5.44. The van der Waals surface area contributed by atoms with Crippen molar-refractivity contribution in [2.75, 3.05) is 13.7 Å². The standard InChI is InChI=1S/C9H10IO2/c1-11-8-2-3-9-7(6-8)4-5-12-10-9/h2-3,6H,4-5H2,1H3/q-1. The molecule has 0 radical (unpaired) electrons. The van der Waals surface area contributed by atoms with Gasteiger partial charge in [0.1, 0.15) is 0 Å². The van der Waals surface area contributed by atoms with Gasteiger partial charge < -0.3 is 0 Å². The summed E-state index contributed by atoms with van der Waals surface area (Å²) in [5.74, 6) is 0.958. The Labute approximate surface area is 82.7 Å². The average molecular weight is 277 g/mol. The summed E-state index contributed by atoms with van der Waals surface area (Å²) < 4.78 is 12.0. The maximum absolute atomic E-state index is 5.44. The molecule has 0 spiro atoms. The molecular weight excluding hydrogens is 267 g/mol. The van der Waals surface area contributed by atoms with Crippen LogP contribution in [-0.4, -0.2) is 13.7 Å². The van der Waals surface area contributed by atoms with Crippen LogP contribution in [0.15, 0.2) is 18.2 Å². The molecule has 0 N–H and O–H groups in total. The van der Waals surface area contributed by atoms with Gasteiger partial charge in [-0.1, -0.05) is 0 Å². The number of ether oxygens (including phenoxy) is 1. The molecule has 12 heavy (non-hydrogen) atoms. The Morgan fingerprint density at radius 2 is 2.42 bits per heavy atom. The first-order chi connectivity index (χ1) is 5.90. The van der Waals surface area contributed by atoms with Crippen LogP contribution in [0.25, 0.3) is 0 Å². The van der Waals surface area contributed by atoms with Crippen molar-refractivity contribution < 1.29 is 29.4 Å². The monoisotopic (exact) mass is 277 g/mol. The summed E-state index contributed by atoms with van der Waals surface area (Å²) in [7, 11) is 1.70. The zero-order chi connectivity index (χ0) is 8.39. The van der Waals surface area contributed by atoms with E-state index in [9.17, 15) is 0 Å². The molecule has 0 aromatic heterocycles. The van der Waals surface area contributed by atoms with Gasteiger partial charge in [-0.25, -0.2) is 0 Å². The normalized spacial score (nSPS) is 16.1. The van der Waals surface area contributed by atoms with E-state index in [1.54, 1.807) is 7.11 Å². The van der Waals surface area contributed by atoms with E-state index >= 15 is 0 Å². The van der Waals surface area contributed by atoms with Gasteiger partial charge >= 0.3 is 82.6 Å². The Hall–Kier alpha value is -0.290. The minimum absolute atomic E-state index is 0.179. The van der Waals surface area contributed by atoms with Gasteiger partial charge in [-0.3, -0.25) is 0 Å². The van der Waals surface area contributed by atoms with Crippen molar-refractivity contribution >= 4 is 0 Å². The van der Waals surface area contributed by atoms with E-state index in [0.717, 1.165) is 18.8 Å². The topological polar surface area (TPSA) is 18.5 Å². The van der Waals surface area contributed by atoms with Crippen LogP contribution < -0.4 is 26.4 Å². The van der Waals surface area contributed by atoms with Crippen LogP contribution in [0.4, 0.5) is 0 Å². The summed E-state index contributed by atoms with van der Waals surface area (Å²) in [5, 5.41) is 0. The molecule has 0 saturated carbocycles. The van der Waals surface area contributed by atoms with E-state index < -0.39 is 0 Å². The van der Waals surface area contributed by atoms with Crippen molar-refractivity contribution in [3.63, 3.8) is 0 Å². The quantitative estimate of drug-likeness (QED) is 0.578. The molecule has 0 unspecified atom stereocenters. The van der Waals surface area contributed by atoms with Crippen molar-refractivity contribution in [1.29, 1.82) is 0 Å². The van der Waals surface area contributed by atoms with Gasteiger partial charge in [0.25, 0.3) is 0 Å². The number of rotatable bonds is 1. The van der Waals surface area contributed by atoms with Crippen LogP contribution in [0.1, 0.15) is 5.56 Å². The third-order valence-electron chi connectivity index (χ3n) is 1.84. The second-order valence-electron chi connectivity index (χ2n) is 2.60. The molecule has 3 heteroatoms. The number of fused-ring (bicyclic) bond motifs is 1. The van der Waals surface area contributed by atoms with Crippen molar-refractivity contribution in [3.8, 4) is 5.75 Å². The SMILES string of the molecule is COc1ccc2c(c1)CCO[I-]2. The summed E-state index contributed by atoms with van der Waals surface area (Å²) >= 11 is -0.179. The number of methoxy groups -OCH3 is 1. The van der Waals surface area contributed by atoms with E-state index in [1.165, 1.54) is 9.13 Å². The first kappa shape index (κ1) is 8.31. The van der Waals surface area contributed by atoms with Crippen molar-refractivity contribution in [2.45, 2.75) is 6.42 Å². The molecule has 2 rings (SSSR count). The van der Waals surface area contributed by atoms with E-state index in [-0.39, 0.29) is 21.6 Å². The van der Waals surface area contributed by atoms with E-state index in [2.05, 4.69) is 12.1 Å². The fourth-order valence-electron chi connectivity index (χ4n) is 1.19. The van der Waals surface area contributed by atoms with Crippen LogP contribution >= 0.6 is 0 Å². The van der Waals surface area contributed by atoms with Crippen LogP contribution in [0.2, 0.25) is 0 Å². The Morgan fingerprint density at radius 1 is 1.50 bits per heavy atom. The molecule has 1 aliphatic rings. The fourth-order valence-corrected chi connectivity index (χ4v) is 3.00. The second kappa shape index (κ2) is 3.62. The third-order valence-corrected chi connectivity index (χ3v) is 4.12. The Morgan fingerprint density at radius 3 is 3.25 bits per heavy atom. The first-order valence-electron chi connectivity index (χ1n) is 3.84. The van der Waals surface area contributed by atoms with Gasteiger partial charge in [0.2, 0.25) is 0 Å². The molecule has 1 aromatic carbocycles. The number of halogens is 1. The zero-order valence-corrected chi connectivity index (χ0v) is 9.00. The van der Waals surface area contributed by atoms with Gasteiger partial charge in [-0.15, -0.1) is 0 Å². The van der Waals surface area contributed by atoms with Crippen molar-refractivity contribution in [3.05, 3.63) is 27.3 Å². The molecule has 0 aliphatic carbocycles. The van der Waals surface area contributed by atoms with Crippen LogP contribution in [0, 0.1) is 3.57 Å². The Bertz CT molecular complexity index is 286. The molecule has 0 fully saturated rings. The third kappa shape index (κ3) is 1.56. The Kier molecular flexibility index (Phi) is 2.51. The van der Waals surface area contributed by atoms with Crippen molar-refractivity contribution in [1.82, 2.24) is 0 Å². The van der Waals surface area contributed by atoms with Gasteiger partial charge in [0, 0.05) is 0 Å². The molecule has 0 bridgehead atoms. The van der Waals surface area contributed by atoms with E-state index in [4.69, 9.17) is 7.80 Å². The molecule has 1 aliphatic heterocycles. The van der Waals surface area contributed by atoms with Gasteiger partial charge in [-0.2, -0.15) is 0 Å². The summed E-state index contributed by atoms with van der Waals surface area (Å²) in [6.45, 7) is 0.882. The number of benzene rings is 1. The van der Waals surface area contributed by atoms with Gasteiger partial charge in [0.05, 0.1) is 0 Å². The fraction of sp³-hybridized carbons (Fsp3) is 0.333. The molecule has 0 saturated heterocycles. The zero-order valence-electron chi connectivity index (χ0n) is 6.84. The summed E-state index contributed by atoms with van der Waals surface area (Å²) in [5.41, 5.74) is 1.41. The summed E-state index contributed by atoms with van der Waals surface area (Å²) in [6.07, 6.45) is 1.03. The predicted octanol–water partition coefficient (Wildman–Crippen LogP) is -1.56. The first-order valence-corrected chi connectivity index (χ1v) is 5.80. The molecule has 2 nitrogen and oxygen atoms in total. The van der Waals surface area contributed by atoms with Gasteiger partial charge in [-0.05, 0) is 0 Å². The van der Waals surface area contributed by atoms with Crippen LogP contribution in [0.3, 0.4) is 0 Å². The summed E-state index contributed by atoms with van der Waals surface area (Å²) in [6, 6.07) is 6.26. The summed E-state index contributed by atoms with van der Waals surface area (Å²) in [4.78, 5) is 0. The molecule has 1 aromatic rings. The average Bonchev–Trinajstić information content (AvgIpc) is 2.17. The second-order valence-corrected chi connectivity index (χ2v) is 4.82. The van der Waals surface area contributed by atoms with Crippen LogP contribution in [-0.2, 0) is 9.49 Å². The molecular formula is C9H10IO2-. The van der Waals surface area contributed by atoms with Gasteiger partial charge in [0.15, 0.2) is 0 Å². The number of hydrogen-bond donors (Lipinski definition) is 0. The van der Waals surface area contributed by atoms with Crippen molar-refractivity contribution in [2.24, 2.45) is 0 Å². The predicted molar refractivity (Wildman–Crippen MR) is 41.3 cm³/mol. The number of hydrogen-bond acceptors (Lipinski definition) is 2. The van der Waals surface area contributed by atoms with E-state index in [0.29, 0.717) is 0 Å². The molecule has 66 valence electrons. The molecule has 1 heterocycles.